The molecule has 1 aliphatic carbocycles. The average Bonchev–Trinajstić information content (AvgIpc) is 3.11. The van der Waals surface area contributed by atoms with Crippen LogP contribution in [-0.4, -0.2) is 33.5 Å². The maximum Gasteiger partial charge on any atom is 0.269 e. The van der Waals surface area contributed by atoms with Gasteiger partial charge in [-0.2, -0.15) is 5.10 Å². The Kier molecular flexibility index (Phi) is 3.46. The lowest BCUT2D eigenvalue weighted by molar-refractivity contribution is -0.135. The van der Waals surface area contributed by atoms with Crippen LogP contribution in [0.4, 0.5) is 0 Å². The second-order valence-corrected chi connectivity index (χ2v) is 5.82. The number of carbonyl (C=O) groups is 2. The van der Waals surface area contributed by atoms with Crippen LogP contribution >= 0.6 is 0 Å². The lowest BCUT2D eigenvalue weighted by Gasteiger charge is -2.35. The fourth-order valence-corrected chi connectivity index (χ4v) is 2.87. The Hall–Kier alpha value is -1.85. The van der Waals surface area contributed by atoms with Gasteiger partial charge in [0.05, 0.1) is 11.7 Å². The molecule has 0 bridgehead atoms. The number of amides is 2. The van der Waals surface area contributed by atoms with E-state index in [0.29, 0.717) is 12.3 Å². The number of hydrogen-bond acceptors (Lipinski definition) is 3. The molecule has 20 heavy (non-hydrogen) atoms. The molecule has 2 fully saturated rings. The van der Waals surface area contributed by atoms with Gasteiger partial charge in [0, 0.05) is 13.0 Å². The van der Waals surface area contributed by atoms with Gasteiger partial charge in [0.2, 0.25) is 5.91 Å². The smallest absolute Gasteiger partial charge is 0.269 e. The molecule has 1 aromatic heterocycles. The lowest BCUT2D eigenvalue weighted by atomic mass is 9.98. The third kappa shape index (κ3) is 2.69. The van der Waals surface area contributed by atoms with E-state index in [0.717, 1.165) is 31.5 Å². The highest BCUT2D eigenvalue weighted by atomic mass is 16.2. The van der Waals surface area contributed by atoms with E-state index >= 15 is 0 Å². The van der Waals surface area contributed by atoms with Crippen molar-refractivity contribution in [3.63, 3.8) is 0 Å². The van der Waals surface area contributed by atoms with Crippen molar-refractivity contribution >= 4 is 11.8 Å². The van der Waals surface area contributed by atoms with E-state index in [-0.39, 0.29) is 17.6 Å². The van der Waals surface area contributed by atoms with Crippen LogP contribution in [0.25, 0.3) is 0 Å². The van der Waals surface area contributed by atoms with E-state index in [1.54, 1.807) is 6.07 Å². The number of rotatable bonds is 4. The van der Waals surface area contributed by atoms with Gasteiger partial charge in [-0.05, 0) is 44.1 Å². The summed E-state index contributed by atoms with van der Waals surface area (Å²) in [6.07, 6.45) is 6.07. The van der Waals surface area contributed by atoms with Gasteiger partial charge in [-0.3, -0.25) is 14.7 Å². The predicted molar refractivity (Wildman–Crippen MR) is 72.8 cm³/mol. The average molecular weight is 276 g/mol. The molecule has 1 saturated heterocycles. The molecular formula is C14H20N4O2. The maximum atomic E-state index is 12.4. The third-order valence-electron chi connectivity index (χ3n) is 4.19. The molecule has 1 unspecified atom stereocenters. The number of primary amides is 1. The standard InChI is InChI=1S/C14H20N4O2/c15-14(20)11-8-10(16-17-11)12-3-1-2-6-18(12)13(19)7-9-4-5-9/h8-9,12H,1-7H2,(H2,15,20)(H,16,17). The summed E-state index contributed by atoms with van der Waals surface area (Å²) < 4.78 is 0. The minimum Gasteiger partial charge on any atom is -0.364 e. The third-order valence-corrected chi connectivity index (χ3v) is 4.19. The van der Waals surface area contributed by atoms with Gasteiger partial charge in [-0.15, -0.1) is 0 Å². The number of aromatic nitrogens is 2. The second kappa shape index (κ2) is 5.26. The van der Waals surface area contributed by atoms with Crippen LogP contribution in [0, 0.1) is 5.92 Å². The van der Waals surface area contributed by atoms with Crippen LogP contribution in [0.5, 0.6) is 0 Å². The summed E-state index contributed by atoms with van der Waals surface area (Å²) in [6.45, 7) is 0.793. The SMILES string of the molecule is NC(=O)c1cc(C2CCCCN2C(=O)CC2CC2)[nH]n1. The van der Waals surface area contributed by atoms with E-state index in [1.165, 1.54) is 12.8 Å². The number of nitrogens with one attached hydrogen (secondary N) is 1. The fourth-order valence-electron chi connectivity index (χ4n) is 2.87. The molecule has 3 N–H and O–H groups in total. The van der Waals surface area contributed by atoms with Crippen molar-refractivity contribution in [3.05, 3.63) is 17.5 Å². The number of aromatic amines is 1. The van der Waals surface area contributed by atoms with Crippen LogP contribution in [-0.2, 0) is 4.79 Å². The van der Waals surface area contributed by atoms with Gasteiger partial charge in [-0.1, -0.05) is 0 Å². The molecule has 2 amide bonds. The molecule has 2 heterocycles. The molecule has 1 aromatic rings. The van der Waals surface area contributed by atoms with Gasteiger partial charge in [-0.25, -0.2) is 0 Å². The summed E-state index contributed by atoms with van der Waals surface area (Å²) in [4.78, 5) is 25.4. The Morgan fingerprint density at radius 3 is 2.80 bits per heavy atom. The first-order valence-electron chi connectivity index (χ1n) is 7.29. The van der Waals surface area contributed by atoms with Crippen molar-refractivity contribution < 1.29 is 9.59 Å². The molecule has 6 nitrogen and oxygen atoms in total. The summed E-state index contributed by atoms with van der Waals surface area (Å²) in [5.74, 6) is 0.277. The number of nitrogens with zero attached hydrogens (tertiary/aromatic N) is 2. The molecule has 0 aromatic carbocycles. The number of hydrogen-bond donors (Lipinski definition) is 2. The van der Waals surface area contributed by atoms with Crippen molar-refractivity contribution in [2.45, 2.75) is 44.6 Å². The number of nitrogens with two attached hydrogens (primary N) is 1. The Bertz CT molecular complexity index is 521. The molecule has 2 aliphatic rings. The normalized spacial score (nSPS) is 22.8. The lowest BCUT2D eigenvalue weighted by Crippen LogP contribution is -2.38. The van der Waals surface area contributed by atoms with Crippen molar-refractivity contribution in [3.8, 4) is 0 Å². The first-order chi connectivity index (χ1) is 9.65. The van der Waals surface area contributed by atoms with Crippen LogP contribution in [0.1, 0.15) is 60.7 Å². The van der Waals surface area contributed by atoms with Gasteiger partial charge >= 0.3 is 0 Å². The van der Waals surface area contributed by atoms with Crippen molar-refractivity contribution in [1.29, 1.82) is 0 Å². The van der Waals surface area contributed by atoms with Gasteiger partial charge < -0.3 is 10.6 Å². The van der Waals surface area contributed by atoms with Crippen LogP contribution in [0.15, 0.2) is 6.07 Å². The first kappa shape index (κ1) is 13.1. The zero-order valence-corrected chi connectivity index (χ0v) is 11.5. The summed E-state index contributed by atoms with van der Waals surface area (Å²) >= 11 is 0. The Labute approximate surface area is 117 Å². The molecule has 108 valence electrons. The van der Waals surface area contributed by atoms with Gasteiger partial charge in [0.15, 0.2) is 0 Å². The molecule has 3 rings (SSSR count). The predicted octanol–water partition coefficient (Wildman–Crippen LogP) is 1.36. The number of carbonyl (C=O) groups excluding carboxylic acids is 2. The van der Waals surface area contributed by atoms with Crippen LogP contribution < -0.4 is 5.73 Å². The second-order valence-electron chi connectivity index (χ2n) is 5.82. The first-order valence-corrected chi connectivity index (χ1v) is 7.29. The highest BCUT2D eigenvalue weighted by molar-refractivity contribution is 5.90. The highest BCUT2D eigenvalue weighted by Crippen LogP contribution is 2.36. The minimum absolute atomic E-state index is 0.00981. The van der Waals surface area contributed by atoms with E-state index in [9.17, 15) is 9.59 Å². The molecule has 0 radical (unpaired) electrons. The van der Waals surface area contributed by atoms with Crippen molar-refractivity contribution in [2.24, 2.45) is 11.7 Å². The van der Waals surface area contributed by atoms with Crippen LogP contribution in [0.3, 0.4) is 0 Å². The fraction of sp³-hybridized carbons (Fsp3) is 0.643. The molecule has 1 aliphatic heterocycles. The van der Waals surface area contributed by atoms with E-state index < -0.39 is 5.91 Å². The monoisotopic (exact) mass is 276 g/mol. The van der Waals surface area contributed by atoms with E-state index in [1.807, 2.05) is 4.90 Å². The summed E-state index contributed by atoms with van der Waals surface area (Å²) in [7, 11) is 0. The quantitative estimate of drug-likeness (QED) is 0.869. The highest BCUT2D eigenvalue weighted by Gasteiger charge is 2.33. The zero-order chi connectivity index (χ0) is 14.1. The summed E-state index contributed by atoms with van der Waals surface area (Å²) in [5.41, 5.74) is 6.28. The van der Waals surface area contributed by atoms with Gasteiger partial charge in [0.1, 0.15) is 5.69 Å². The Morgan fingerprint density at radius 2 is 2.15 bits per heavy atom. The molecule has 1 saturated carbocycles. The van der Waals surface area contributed by atoms with Crippen LogP contribution in [0.2, 0.25) is 0 Å². The molecular weight excluding hydrogens is 256 g/mol. The van der Waals surface area contributed by atoms with E-state index in [4.69, 9.17) is 5.73 Å². The van der Waals surface area contributed by atoms with Crippen molar-refractivity contribution in [1.82, 2.24) is 15.1 Å². The zero-order valence-electron chi connectivity index (χ0n) is 11.5. The topological polar surface area (TPSA) is 92.1 Å². The number of likely N-dealkylation sites (tertiary alicyclic amines) is 1. The maximum absolute atomic E-state index is 12.4. The number of H-pyrrole nitrogens is 1. The van der Waals surface area contributed by atoms with Gasteiger partial charge in [0.25, 0.3) is 5.91 Å². The Balaban J connectivity index is 1.76. The minimum atomic E-state index is -0.542. The largest absolute Gasteiger partial charge is 0.364 e. The Morgan fingerprint density at radius 1 is 1.35 bits per heavy atom. The summed E-state index contributed by atoms with van der Waals surface area (Å²) in [6, 6.07) is 1.69. The van der Waals surface area contributed by atoms with E-state index in [2.05, 4.69) is 10.2 Å². The molecule has 0 spiro atoms. The molecule has 6 heteroatoms. The summed E-state index contributed by atoms with van der Waals surface area (Å²) in [5, 5.41) is 6.79. The van der Waals surface area contributed by atoms with Crippen molar-refractivity contribution in [2.75, 3.05) is 6.54 Å². The number of piperidine rings is 1. The molecule has 1 atom stereocenters.